The van der Waals surface area contributed by atoms with Crippen LogP contribution >= 0.6 is 0 Å². The van der Waals surface area contributed by atoms with Crippen LogP contribution < -0.4 is 0 Å². The van der Waals surface area contributed by atoms with Crippen LogP contribution in [0, 0.1) is 0 Å². The molecule has 0 radical (unpaired) electrons. The van der Waals surface area contributed by atoms with Crippen molar-refractivity contribution in [1.82, 2.24) is 19.7 Å². The molecule has 0 saturated carbocycles. The monoisotopic (exact) mass is 246 g/mol. The van der Waals surface area contributed by atoms with Crippen molar-refractivity contribution in [3.8, 4) is 5.82 Å². The molecule has 2 rings (SSSR count). The van der Waals surface area contributed by atoms with Gasteiger partial charge in [0.15, 0.2) is 11.5 Å². The van der Waals surface area contributed by atoms with Crippen LogP contribution in [0.15, 0.2) is 18.5 Å². The summed E-state index contributed by atoms with van der Waals surface area (Å²) in [6.07, 6.45) is 4.36. The largest absolute Gasteiger partial charge is 0.476 e. The Balaban J connectivity index is 2.50. The van der Waals surface area contributed by atoms with Gasteiger partial charge in [-0.25, -0.2) is 14.5 Å². The van der Waals surface area contributed by atoms with Gasteiger partial charge in [0.05, 0.1) is 18.1 Å². The molecule has 18 heavy (non-hydrogen) atoms. The van der Waals surface area contributed by atoms with Gasteiger partial charge in [-0.05, 0) is 18.9 Å². The highest BCUT2D eigenvalue weighted by Gasteiger charge is 2.11. The number of rotatable bonds is 4. The lowest BCUT2D eigenvalue weighted by molar-refractivity contribution is 0.0690. The number of aryl methyl sites for hydroxylation is 2. The van der Waals surface area contributed by atoms with Gasteiger partial charge >= 0.3 is 5.97 Å². The van der Waals surface area contributed by atoms with Gasteiger partial charge in [-0.2, -0.15) is 5.10 Å². The fraction of sp³-hybridized carbons (Fsp3) is 0.333. The Bertz CT molecular complexity index is 577. The highest BCUT2D eigenvalue weighted by Crippen LogP contribution is 2.11. The maximum Gasteiger partial charge on any atom is 0.356 e. The third-order valence-corrected chi connectivity index (χ3v) is 2.62. The molecule has 94 valence electrons. The van der Waals surface area contributed by atoms with E-state index in [4.69, 9.17) is 5.11 Å². The molecule has 2 aromatic heterocycles. The number of aromatic nitrogens is 4. The second-order valence-corrected chi connectivity index (χ2v) is 3.81. The number of hydrogen-bond donors (Lipinski definition) is 1. The van der Waals surface area contributed by atoms with Crippen LogP contribution in [0.5, 0.6) is 0 Å². The molecular formula is C12H14N4O2. The summed E-state index contributed by atoms with van der Waals surface area (Å²) in [7, 11) is 0. The van der Waals surface area contributed by atoms with E-state index in [-0.39, 0.29) is 5.69 Å². The molecule has 0 aliphatic carbocycles. The van der Waals surface area contributed by atoms with Crippen molar-refractivity contribution in [3.05, 3.63) is 35.5 Å². The molecule has 0 bridgehead atoms. The van der Waals surface area contributed by atoms with E-state index in [1.165, 1.54) is 12.4 Å². The Morgan fingerprint density at radius 1 is 1.33 bits per heavy atom. The highest BCUT2D eigenvalue weighted by molar-refractivity contribution is 5.85. The number of aromatic carboxylic acids is 1. The average Bonchev–Trinajstić information content (AvgIpc) is 2.82. The standard InChI is InChI=1S/C12H14N4O2/c1-3-8-5-9(4-2)16(15-8)11-7-13-6-10(14-11)12(17)18/h5-7H,3-4H2,1-2H3,(H,17,18). The second-order valence-electron chi connectivity index (χ2n) is 3.81. The fourth-order valence-corrected chi connectivity index (χ4v) is 1.66. The summed E-state index contributed by atoms with van der Waals surface area (Å²) in [6, 6.07) is 2.00. The highest BCUT2D eigenvalue weighted by atomic mass is 16.4. The molecule has 0 aliphatic rings. The molecule has 2 aromatic rings. The molecule has 0 fully saturated rings. The molecule has 2 heterocycles. The fourth-order valence-electron chi connectivity index (χ4n) is 1.66. The van der Waals surface area contributed by atoms with E-state index < -0.39 is 5.97 Å². The first-order valence-electron chi connectivity index (χ1n) is 5.79. The lowest BCUT2D eigenvalue weighted by Gasteiger charge is -2.04. The van der Waals surface area contributed by atoms with E-state index in [1.807, 2.05) is 19.9 Å². The number of hydrogen-bond acceptors (Lipinski definition) is 4. The summed E-state index contributed by atoms with van der Waals surface area (Å²) in [4.78, 5) is 18.8. The first kappa shape index (κ1) is 12.2. The zero-order valence-electron chi connectivity index (χ0n) is 10.3. The third kappa shape index (κ3) is 2.22. The number of carboxylic acids is 1. The van der Waals surface area contributed by atoms with Crippen molar-refractivity contribution < 1.29 is 9.90 Å². The van der Waals surface area contributed by atoms with E-state index in [2.05, 4.69) is 15.1 Å². The summed E-state index contributed by atoms with van der Waals surface area (Å²) in [5.41, 5.74) is 1.86. The Labute approximate surface area is 104 Å². The minimum Gasteiger partial charge on any atom is -0.476 e. The first-order valence-corrected chi connectivity index (χ1v) is 5.79. The molecule has 0 aromatic carbocycles. The smallest absolute Gasteiger partial charge is 0.356 e. The molecule has 0 unspecified atom stereocenters. The van der Waals surface area contributed by atoms with E-state index in [9.17, 15) is 4.79 Å². The van der Waals surface area contributed by atoms with E-state index in [0.717, 1.165) is 24.2 Å². The van der Waals surface area contributed by atoms with Crippen molar-refractivity contribution in [1.29, 1.82) is 0 Å². The van der Waals surface area contributed by atoms with Crippen molar-refractivity contribution in [2.45, 2.75) is 26.7 Å². The van der Waals surface area contributed by atoms with Crippen LogP contribution in [0.3, 0.4) is 0 Å². The Morgan fingerprint density at radius 2 is 2.11 bits per heavy atom. The van der Waals surface area contributed by atoms with Crippen LogP contribution in [0.4, 0.5) is 0 Å². The van der Waals surface area contributed by atoms with Crippen LogP contribution in [-0.2, 0) is 12.8 Å². The number of carbonyl (C=O) groups is 1. The zero-order valence-corrected chi connectivity index (χ0v) is 10.3. The maximum absolute atomic E-state index is 10.9. The molecule has 0 saturated heterocycles. The van der Waals surface area contributed by atoms with Crippen molar-refractivity contribution in [3.63, 3.8) is 0 Å². The van der Waals surface area contributed by atoms with Gasteiger partial charge in [-0.3, -0.25) is 4.98 Å². The molecule has 1 N–H and O–H groups in total. The van der Waals surface area contributed by atoms with Crippen LogP contribution in [0.2, 0.25) is 0 Å². The average molecular weight is 246 g/mol. The SMILES string of the molecule is CCc1cc(CC)n(-c2cncc(C(=O)O)n2)n1. The van der Waals surface area contributed by atoms with Crippen molar-refractivity contribution >= 4 is 5.97 Å². The lowest BCUT2D eigenvalue weighted by Crippen LogP contribution is -2.09. The van der Waals surface area contributed by atoms with Crippen LogP contribution in [0.25, 0.3) is 5.82 Å². The third-order valence-electron chi connectivity index (χ3n) is 2.62. The predicted molar refractivity (Wildman–Crippen MR) is 64.9 cm³/mol. The van der Waals surface area contributed by atoms with Gasteiger partial charge < -0.3 is 5.11 Å². The summed E-state index contributed by atoms with van der Waals surface area (Å²) >= 11 is 0. The van der Waals surface area contributed by atoms with Crippen molar-refractivity contribution in [2.24, 2.45) is 0 Å². The predicted octanol–water partition coefficient (Wildman–Crippen LogP) is 1.49. The van der Waals surface area contributed by atoms with Gasteiger partial charge in [-0.1, -0.05) is 13.8 Å². The minimum atomic E-state index is -1.09. The molecule has 6 nitrogen and oxygen atoms in total. The molecule has 6 heteroatoms. The summed E-state index contributed by atoms with van der Waals surface area (Å²) in [5, 5.41) is 13.3. The van der Waals surface area contributed by atoms with Gasteiger partial charge in [0.25, 0.3) is 0 Å². The van der Waals surface area contributed by atoms with Gasteiger partial charge in [0, 0.05) is 5.69 Å². The van der Waals surface area contributed by atoms with Gasteiger partial charge in [0.1, 0.15) is 0 Å². The molecular weight excluding hydrogens is 232 g/mol. The Kier molecular flexibility index (Phi) is 3.36. The van der Waals surface area contributed by atoms with Crippen LogP contribution in [-0.4, -0.2) is 30.8 Å². The summed E-state index contributed by atoms with van der Waals surface area (Å²) in [5.74, 6) is -0.656. The maximum atomic E-state index is 10.9. The molecule has 0 atom stereocenters. The Morgan fingerprint density at radius 3 is 2.72 bits per heavy atom. The van der Waals surface area contributed by atoms with Gasteiger partial charge in [-0.15, -0.1) is 0 Å². The Hall–Kier alpha value is -2.24. The van der Waals surface area contributed by atoms with Gasteiger partial charge in [0.2, 0.25) is 0 Å². The first-order chi connectivity index (χ1) is 8.65. The normalized spacial score (nSPS) is 10.6. The van der Waals surface area contributed by atoms with E-state index in [0.29, 0.717) is 5.82 Å². The number of carboxylic acid groups (broad SMARTS) is 1. The lowest BCUT2D eigenvalue weighted by atomic mass is 10.3. The number of nitrogens with zero attached hydrogens (tertiary/aromatic N) is 4. The topological polar surface area (TPSA) is 80.9 Å². The summed E-state index contributed by atoms with van der Waals surface area (Å²) in [6.45, 7) is 4.03. The molecule has 0 aliphatic heterocycles. The molecule has 0 spiro atoms. The minimum absolute atomic E-state index is 0.0805. The second kappa shape index (κ2) is 4.95. The zero-order chi connectivity index (χ0) is 13.1. The van der Waals surface area contributed by atoms with Crippen molar-refractivity contribution in [2.75, 3.05) is 0 Å². The van der Waals surface area contributed by atoms with Crippen LogP contribution in [0.1, 0.15) is 35.7 Å². The van der Waals surface area contributed by atoms with E-state index >= 15 is 0 Å². The molecule has 0 amide bonds. The quantitative estimate of drug-likeness (QED) is 0.883. The van der Waals surface area contributed by atoms with E-state index in [1.54, 1.807) is 4.68 Å². The summed E-state index contributed by atoms with van der Waals surface area (Å²) < 4.78 is 1.65.